The smallest absolute Gasteiger partial charge is 0.249 e. The molecule has 0 bridgehead atoms. The average Bonchev–Trinajstić information content (AvgIpc) is 2.99. The number of para-hydroxylation sites is 1. The number of anilines is 1. The zero-order valence-electron chi connectivity index (χ0n) is 21.6. The summed E-state index contributed by atoms with van der Waals surface area (Å²) in [5.74, 6) is -0.953. The van der Waals surface area contributed by atoms with Crippen LogP contribution in [0.3, 0.4) is 0 Å². The maximum absolute atomic E-state index is 13.4. The van der Waals surface area contributed by atoms with Crippen LogP contribution in [0.15, 0.2) is 60.7 Å². The molecule has 2 atom stereocenters. The fraction of sp³-hybridized carbons (Fsp3) is 0.433. The van der Waals surface area contributed by atoms with Gasteiger partial charge in [-0.3, -0.25) is 14.4 Å². The second kappa shape index (κ2) is 11.5. The highest BCUT2D eigenvalue weighted by molar-refractivity contribution is 6.01. The molecular formula is C30H38N2O3. The molecule has 5 heteroatoms. The molecule has 1 saturated heterocycles. The molecule has 0 spiro atoms. The molecule has 1 aliphatic heterocycles. The fourth-order valence-corrected chi connectivity index (χ4v) is 4.50. The summed E-state index contributed by atoms with van der Waals surface area (Å²) in [5.41, 5.74) is 3.44. The monoisotopic (exact) mass is 474 g/mol. The van der Waals surface area contributed by atoms with Crippen LogP contribution in [0.2, 0.25) is 0 Å². The van der Waals surface area contributed by atoms with Crippen molar-refractivity contribution in [1.82, 2.24) is 5.32 Å². The Labute approximate surface area is 209 Å². The lowest BCUT2D eigenvalue weighted by atomic mass is 9.77. The molecule has 1 unspecified atom stereocenters. The topological polar surface area (TPSA) is 66.5 Å². The van der Waals surface area contributed by atoms with Crippen LogP contribution in [0, 0.1) is 18.3 Å². The standard InChI is InChI=1S/C30H38N2O3/c1-21-14-16-23(17-15-21)22(2)19-25(33)20-26(30(3,4)5)28(34)31-27-13-9-10-18-32(29(27)35)24-11-7-6-8-12-24/h6-8,11-12,14-17,19,26-27H,9-10,13,18,20H2,1-5H3,(H,31,34)/b22-19+/t26-,27?/m1/s1. The van der Waals surface area contributed by atoms with Crippen LogP contribution >= 0.6 is 0 Å². The third kappa shape index (κ3) is 7.14. The SMILES string of the molecule is C/C(=C\C(=O)C[C@H](C(=O)NC1CCCCN(c2ccccc2)C1=O)C(C)(C)C)c1ccc(C)cc1. The molecule has 1 aliphatic rings. The lowest BCUT2D eigenvalue weighted by molar-refractivity contribution is -0.134. The van der Waals surface area contributed by atoms with E-state index in [1.807, 2.05) is 89.2 Å². The predicted octanol–water partition coefficient (Wildman–Crippen LogP) is 5.72. The molecule has 2 amide bonds. The van der Waals surface area contributed by atoms with E-state index in [4.69, 9.17) is 0 Å². The van der Waals surface area contributed by atoms with Crippen molar-refractivity contribution in [3.63, 3.8) is 0 Å². The summed E-state index contributed by atoms with van der Waals surface area (Å²) in [6, 6.07) is 17.0. The van der Waals surface area contributed by atoms with E-state index in [0.29, 0.717) is 13.0 Å². The van der Waals surface area contributed by atoms with E-state index < -0.39 is 17.4 Å². The molecule has 0 aromatic heterocycles. The van der Waals surface area contributed by atoms with Crippen molar-refractivity contribution in [2.45, 2.75) is 66.3 Å². The molecule has 5 nitrogen and oxygen atoms in total. The number of nitrogens with zero attached hydrogens (tertiary/aromatic N) is 1. The lowest BCUT2D eigenvalue weighted by Crippen LogP contribution is -2.51. The van der Waals surface area contributed by atoms with Crippen molar-refractivity contribution in [1.29, 1.82) is 0 Å². The van der Waals surface area contributed by atoms with E-state index in [1.54, 1.807) is 11.0 Å². The van der Waals surface area contributed by atoms with Crippen LogP contribution < -0.4 is 10.2 Å². The van der Waals surface area contributed by atoms with Gasteiger partial charge in [-0.1, -0.05) is 68.8 Å². The molecule has 186 valence electrons. The van der Waals surface area contributed by atoms with E-state index in [2.05, 4.69) is 5.32 Å². The number of benzene rings is 2. The van der Waals surface area contributed by atoms with Gasteiger partial charge in [-0.05, 0) is 67.9 Å². The van der Waals surface area contributed by atoms with Gasteiger partial charge >= 0.3 is 0 Å². The third-order valence-corrected chi connectivity index (χ3v) is 6.72. The summed E-state index contributed by atoms with van der Waals surface area (Å²) in [6.45, 7) is 10.5. The number of carbonyl (C=O) groups is 3. The Morgan fingerprint density at radius 3 is 2.34 bits per heavy atom. The first-order chi connectivity index (χ1) is 16.6. The first-order valence-electron chi connectivity index (χ1n) is 12.5. The van der Waals surface area contributed by atoms with Crippen molar-refractivity contribution in [3.05, 3.63) is 71.8 Å². The van der Waals surface area contributed by atoms with E-state index in [9.17, 15) is 14.4 Å². The highest BCUT2D eigenvalue weighted by Gasteiger charge is 2.36. The van der Waals surface area contributed by atoms with Crippen LogP contribution in [-0.2, 0) is 14.4 Å². The van der Waals surface area contributed by atoms with Gasteiger partial charge in [-0.2, -0.15) is 0 Å². The number of carbonyl (C=O) groups excluding carboxylic acids is 3. The van der Waals surface area contributed by atoms with Crippen molar-refractivity contribution < 1.29 is 14.4 Å². The van der Waals surface area contributed by atoms with Gasteiger partial charge in [0.2, 0.25) is 11.8 Å². The first kappa shape index (κ1) is 26.4. The van der Waals surface area contributed by atoms with Gasteiger partial charge < -0.3 is 10.2 Å². The Bertz CT molecular complexity index is 1070. The van der Waals surface area contributed by atoms with Crippen LogP contribution in [0.5, 0.6) is 0 Å². The van der Waals surface area contributed by atoms with Crippen molar-refractivity contribution in [2.75, 3.05) is 11.4 Å². The van der Waals surface area contributed by atoms with Gasteiger partial charge in [0, 0.05) is 24.6 Å². The van der Waals surface area contributed by atoms with Gasteiger partial charge in [-0.25, -0.2) is 0 Å². The Hall–Kier alpha value is -3.21. The van der Waals surface area contributed by atoms with Crippen LogP contribution in [0.25, 0.3) is 5.57 Å². The Kier molecular flexibility index (Phi) is 8.66. The highest BCUT2D eigenvalue weighted by atomic mass is 16.2. The number of nitrogens with one attached hydrogen (secondary N) is 1. The predicted molar refractivity (Wildman–Crippen MR) is 142 cm³/mol. The number of allylic oxidation sites excluding steroid dienone is 2. The number of rotatable bonds is 7. The molecule has 0 saturated carbocycles. The summed E-state index contributed by atoms with van der Waals surface area (Å²) in [5, 5.41) is 3.01. The van der Waals surface area contributed by atoms with E-state index >= 15 is 0 Å². The van der Waals surface area contributed by atoms with Gasteiger partial charge in [0.05, 0.1) is 0 Å². The van der Waals surface area contributed by atoms with E-state index in [1.165, 1.54) is 0 Å². The summed E-state index contributed by atoms with van der Waals surface area (Å²) in [7, 11) is 0. The van der Waals surface area contributed by atoms with Crippen molar-refractivity contribution >= 4 is 28.9 Å². The molecule has 1 N–H and O–H groups in total. The zero-order chi connectivity index (χ0) is 25.6. The van der Waals surface area contributed by atoms with Gasteiger partial charge in [0.1, 0.15) is 6.04 Å². The maximum atomic E-state index is 13.4. The van der Waals surface area contributed by atoms with Crippen molar-refractivity contribution in [2.24, 2.45) is 11.3 Å². The average molecular weight is 475 g/mol. The minimum absolute atomic E-state index is 0.0868. The molecular weight excluding hydrogens is 436 g/mol. The Morgan fingerprint density at radius 2 is 1.71 bits per heavy atom. The van der Waals surface area contributed by atoms with Crippen LogP contribution in [0.4, 0.5) is 5.69 Å². The molecule has 1 heterocycles. The molecule has 2 aromatic carbocycles. The second-order valence-electron chi connectivity index (χ2n) is 10.7. The largest absolute Gasteiger partial charge is 0.344 e. The number of ketones is 1. The van der Waals surface area contributed by atoms with Crippen LogP contribution in [0.1, 0.15) is 64.5 Å². The Morgan fingerprint density at radius 1 is 1.06 bits per heavy atom. The molecule has 2 aromatic rings. The summed E-state index contributed by atoms with van der Waals surface area (Å²) in [6.07, 6.45) is 4.08. The summed E-state index contributed by atoms with van der Waals surface area (Å²) >= 11 is 0. The Balaban J connectivity index is 1.73. The quantitative estimate of drug-likeness (QED) is 0.522. The van der Waals surface area contributed by atoms with E-state index in [0.717, 1.165) is 35.2 Å². The summed E-state index contributed by atoms with van der Waals surface area (Å²) < 4.78 is 0. The van der Waals surface area contributed by atoms with Gasteiger partial charge in [0.15, 0.2) is 5.78 Å². The number of amides is 2. The fourth-order valence-electron chi connectivity index (χ4n) is 4.50. The minimum Gasteiger partial charge on any atom is -0.344 e. The van der Waals surface area contributed by atoms with Crippen molar-refractivity contribution in [3.8, 4) is 0 Å². The molecule has 35 heavy (non-hydrogen) atoms. The highest BCUT2D eigenvalue weighted by Crippen LogP contribution is 2.30. The van der Waals surface area contributed by atoms with Crippen LogP contribution in [-0.4, -0.2) is 30.2 Å². The number of hydrogen-bond acceptors (Lipinski definition) is 3. The van der Waals surface area contributed by atoms with Gasteiger partial charge in [0.25, 0.3) is 0 Å². The molecule has 0 aliphatic carbocycles. The zero-order valence-corrected chi connectivity index (χ0v) is 21.6. The number of aryl methyl sites for hydroxylation is 1. The first-order valence-corrected chi connectivity index (χ1v) is 12.5. The normalized spacial score (nSPS) is 18.1. The summed E-state index contributed by atoms with van der Waals surface area (Å²) in [4.78, 5) is 41.5. The minimum atomic E-state index is -0.588. The lowest BCUT2D eigenvalue weighted by Gasteiger charge is -2.31. The van der Waals surface area contributed by atoms with Gasteiger partial charge in [-0.15, -0.1) is 0 Å². The molecule has 0 radical (unpaired) electrons. The molecule has 1 fully saturated rings. The number of hydrogen-bond donors (Lipinski definition) is 1. The van der Waals surface area contributed by atoms with E-state index in [-0.39, 0.29) is 24.0 Å². The third-order valence-electron chi connectivity index (χ3n) is 6.72. The second-order valence-corrected chi connectivity index (χ2v) is 10.7. The molecule has 3 rings (SSSR count). The maximum Gasteiger partial charge on any atom is 0.249 e.